The summed E-state index contributed by atoms with van der Waals surface area (Å²) in [5.41, 5.74) is -1.55. The normalized spacial score (nSPS) is 10.8. The molecule has 5 nitrogen and oxygen atoms in total. The van der Waals surface area contributed by atoms with Gasteiger partial charge in [0.15, 0.2) is 5.57 Å². The summed E-state index contributed by atoms with van der Waals surface area (Å²) in [6.45, 7) is 4.92. The fourth-order valence-electron chi connectivity index (χ4n) is 2.24. The first-order chi connectivity index (χ1) is 12.3. The standard InChI is InChI=1S/C18H22F3NO4/c1-4-9-14(15(16(23)25-5-2)17(24)26-6-3)22-13-11-8-7-10-12(13)18(19,20)21/h7-8,10-11,22H,4-6,9H2,1-3H3. The van der Waals surface area contributed by atoms with E-state index < -0.39 is 29.3 Å². The lowest BCUT2D eigenvalue weighted by atomic mass is 10.1. The monoisotopic (exact) mass is 373 g/mol. The molecule has 1 aromatic carbocycles. The Morgan fingerprint density at radius 3 is 2.00 bits per heavy atom. The van der Waals surface area contributed by atoms with Crippen molar-refractivity contribution in [2.24, 2.45) is 0 Å². The van der Waals surface area contributed by atoms with Crippen LogP contribution in [0.2, 0.25) is 0 Å². The van der Waals surface area contributed by atoms with Crippen LogP contribution in [0.3, 0.4) is 0 Å². The van der Waals surface area contributed by atoms with E-state index in [1.807, 2.05) is 0 Å². The predicted molar refractivity (Wildman–Crippen MR) is 90.3 cm³/mol. The van der Waals surface area contributed by atoms with Crippen molar-refractivity contribution >= 4 is 17.6 Å². The number of nitrogens with one attached hydrogen (secondary N) is 1. The van der Waals surface area contributed by atoms with Crippen molar-refractivity contribution in [1.29, 1.82) is 0 Å². The summed E-state index contributed by atoms with van der Waals surface area (Å²) in [4.78, 5) is 24.4. The van der Waals surface area contributed by atoms with Crippen molar-refractivity contribution in [1.82, 2.24) is 0 Å². The molecule has 0 bridgehead atoms. The third-order valence-electron chi connectivity index (χ3n) is 3.28. The molecule has 0 aliphatic heterocycles. The highest BCUT2D eigenvalue weighted by molar-refractivity contribution is 6.15. The second-order valence-electron chi connectivity index (χ2n) is 5.21. The van der Waals surface area contributed by atoms with Crippen LogP contribution in [0.4, 0.5) is 18.9 Å². The summed E-state index contributed by atoms with van der Waals surface area (Å²) in [7, 11) is 0. The van der Waals surface area contributed by atoms with Gasteiger partial charge >= 0.3 is 18.1 Å². The van der Waals surface area contributed by atoms with Crippen LogP contribution in [0, 0.1) is 0 Å². The Morgan fingerprint density at radius 1 is 1.00 bits per heavy atom. The van der Waals surface area contributed by atoms with Gasteiger partial charge < -0.3 is 14.8 Å². The summed E-state index contributed by atoms with van der Waals surface area (Å²) in [6.07, 6.45) is -3.94. The summed E-state index contributed by atoms with van der Waals surface area (Å²) in [6, 6.07) is 4.83. The molecule has 0 heterocycles. The van der Waals surface area contributed by atoms with E-state index >= 15 is 0 Å². The molecule has 0 saturated carbocycles. The largest absolute Gasteiger partial charge is 0.462 e. The molecular weight excluding hydrogens is 351 g/mol. The number of ether oxygens (including phenoxy) is 2. The molecule has 26 heavy (non-hydrogen) atoms. The Balaban J connectivity index is 3.44. The summed E-state index contributed by atoms with van der Waals surface area (Å²) in [5.74, 6) is -1.88. The van der Waals surface area contributed by atoms with E-state index in [1.54, 1.807) is 20.8 Å². The molecule has 0 radical (unpaired) electrons. The molecule has 0 unspecified atom stereocenters. The highest BCUT2D eigenvalue weighted by Gasteiger charge is 2.34. The van der Waals surface area contributed by atoms with Gasteiger partial charge in [0.25, 0.3) is 0 Å². The molecule has 1 N–H and O–H groups in total. The molecule has 0 aliphatic carbocycles. The van der Waals surface area contributed by atoms with E-state index in [0.717, 1.165) is 6.07 Å². The lowest BCUT2D eigenvalue weighted by Gasteiger charge is -2.18. The van der Waals surface area contributed by atoms with Crippen LogP contribution in [0.25, 0.3) is 0 Å². The predicted octanol–water partition coefficient (Wildman–Crippen LogP) is 4.30. The zero-order chi connectivity index (χ0) is 19.7. The molecule has 0 fully saturated rings. The molecule has 0 aromatic heterocycles. The lowest BCUT2D eigenvalue weighted by Crippen LogP contribution is -2.23. The second kappa shape index (κ2) is 9.84. The number of esters is 2. The number of hydrogen-bond donors (Lipinski definition) is 1. The highest BCUT2D eigenvalue weighted by atomic mass is 19.4. The Morgan fingerprint density at radius 2 is 1.54 bits per heavy atom. The molecule has 1 rings (SSSR count). The Kier molecular flexibility index (Phi) is 8.15. The lowest BCUT2D eigenvalue weighted by molar-refractivity contribution is -0.146. The average molecular weight is 373 g/mol. The van der Waals surface area contributed by atoms with E-state index in [1.165, 1.54) is 18.2 Å². The van der Waals surface area contributed by atoms with Crippen LogP contribution < -0.4 is 5.32 Å². The van der Waals surface area contributed by atoms with E-state index in [9.17, 15) is 22.8 Å². The smallest absolute Gasteiger partial charge is 0.418 e. The molecule has 0 spiro atoms. The van der Waals surface area contributed by atoms with Crippen molar-refractivity contribution in [2.75, 3.05) is 18.5 Å². The van der Waals surface area contributed by atoms with Gasteiger partial charge in [0.1, 0.15) is 0 Å². The van der Waals surface area contributed by atoms with Crippen LogP contribution in [0.5, 0.6) is 0 Å². The van der Waals surface area contributed by atoms with Crippen molar-refractivity contribution in [3.63, 3.8) is 0 Å². The number of benzene rings is 1. The van der Waals surface area contributed by atoms with Gasteiger partial charge in [-0.3, -0.25) is 0 Å². The average Bonchev–Trinajstić information content (AvgIpc) is 2.55. The molecule has 0 amide bonds. The highest BCUT2D eigenvalue weighted by Crippen LogP contribution is 2.35. The third kappa shape index (κ3) is 5.79. The number of carbonyl (C=O) groups is 2. The van der Waals surface area contributed by atoms with Crippen molar-refractivity contribution in [3.05, 3.63) is 41.1 Å². The summed E-state index contributed by atoms with van der Waals surface area (Å²) < 4.78 is 49.4. The second-order valence-corrected chi connectivity index (χ2v) is 5.21. The molecule has 0 aliphatic rings. The fourth-order valence-corrected chi connectivity index (χ4v) is 2.24. The van der Waals surface area contributed by atoms with Crippen molar-refractivity contribution in [3.8, 4) is 0 Å². The number of carbonyl (C=O) groups excluding carboxylic acids is 2. The summed E-state index contributed by atoms with van der Waals surface area (Å²) in [5, 5.41) is 2.59. The topological polar surface area (TPSA) is 64.6 Å². The van der Waals surface area contributed by atoms with Crippen LogP contribution in [-0.4, -0.2) is 25.2 Å². The Hall–Kier alpha value is -2.51. The van der Waals surface area contributed by atoms with Crippen LogP contribution in [0.1, 0.15) is 39.2 Å². The van der Waals surface area contributed by atoms with E-state index in [-0.39, 0.29) is 31.0 Å². The zero-order valence-electron chi connectivity index (χ0n) is 14.9. The first kappa shape index (κ1) is 21.5. The van der Waals surface area contributed by atoms with Crippen LogP contribution >= 0.6 is 0 Å². The Labute approximate surface area is 150 Å². The molecule has 8 heteroatoms. The number of allylic oxidation sites excluding steroid dienone is 1. The van der Waals surface area contributed by atoms with Crippen molar-refractivity contribution in [2.45, 2.75) is 39.8 Å². The number of anilines is 1. The first-order valence-corrected chi connectivity index (χ1v) is 8.26. The maximum atomic E-state index is 13.2. The van der Waals surface area contributed by atoms with Gasteiger partial charge in [-0.05, 0) is 32.4 Å². The van der Waals surface area contributed by atoms with E-state index in [0.29, 0.717) is 6.42 Å². The van der Waals surface area contributed by atoms with Gasteiger partial charge in [-0.1, -0.05) is 25.5 Å². The van der Waals surface area contributed by atoms with Gasteiger partial charge in [-0.15, -0.1) is 0 Å². The molecule has 1 aromatic rings. The number of hydrogen-bond acceptors (Lipinski definition) is 5. The maximum absolute atomic E-state index is 13.2. The van der Waals surface area contributed by atoms with Gasteiger partial charge in [0.05, 0.1) is 24.5 Å². The molecule has 0 saturated heterocycles. The number of alkyl halides is 3. The van der Waals surface area contributed by atoms with E-state index in [4.69, 9.17) is 9.47 Å². The fraction of sp³-hybridized carbons (Fsp3) is 0.444. The minimum Gasteiger partial charge on any atom is -0.462 e. The number of rotatable bonds is 8. The minimum absolute atomic E-state index is 0.0142. The first-order valence-electron chi connectivity index (χ1n) is 8.26. The SMILES string of the molecule is CCCC(Nc1ccccc1C(F)(F)F)=C(C(=O)OCC)C(=O)OCC. The Bertz CT molecular complexity index is 649. The van der Waals surface area contributed by atoms with Crippen LogP contribution in [-0.2, 0) is 25.2 Å². The minimum atomic E-state index is -4.59. The van der Waals surface area contributed by atoms with Crippen molar-refractivity contribution < 1.29 is 32.2 Å². The molecular formula is C18H22F3NO4. The van der Waals surface area contributed by atoms with Gasteiger partial charge in [0.2, 0.25) is 0 Å². The quantitative estimate of drug-likeness (QED) is 0.319. The molecule has 0 atom stereocenters. The number of halogens is 3. The van der Waals surface area contributed by atoms with Gasteiger partial charge in [-0.25, -0.2) is 9.59 Å². The maximum Gasteiger partial charge on any atom is 0.418 e. The van der Waals surface area contributed by atoms with Gasteiger partial charge in [-0.2, -0.15) is 13.2 Å². The third-order valence-corrected chi connectivity index (χ3v) is 3.28. The van der Waals surface area contributed by atoms with Crippen LogP contribution in [0.15, 0.2) is 35.5 Å². The number of para-hydroxylation sites is 1. The summed E-state index contributed by atoms with van der Waals surface area (Å²) >= 11 is 0. The molecule has 144 valence electrons. The zero-order valence-corrected chi connectivity index (χ0v) is 14.9. The van der Waals surface area contributed by atoms with E-state index in [2.05, 4.69) is 5.32 Å². The van der Waals surface area contributed by atoms with Gasteiger partial charge in [0, 0.05) is 5.70 Å².